The van der Waals surface area contributed by atoms with E-state index < -0.39 is 12.5 Å². The van der Waals surface area contributed by atoms with E-state index in [1.165, 1.54) is 0 Å². The number of rotatable bonds is 1. The topological polar surface area (TPSA) is 40.1 Å². The van der Waals surface area contributed by atoms with Gasteiger partial charge in [-0.2, -0.15) is 0 Å². The van der Waals surface area contributed by atoms with Crippen LogP contribution in [0.25, 0.3) is 0 Å². The molecule has 4 heteroatoms. The number of fused-ring (bicyclic) bond motifs is 10. The summed E-state index contributed by atoms with van der Waals surface area (Å²) >= 11 is 0. The summed E-state index contributed by atoms with van der Waals surface area (Å²) in [4.78, 5) is 21.3. The number of hydrogen-bond donors (Lipinski definition) is 0. The van der Waals surface area contributed by atoms with Gasteiger partial charge in [-0.1, -0.05) is 0 Å². The number of carboxylic acid groups (broad SMARTS) is 1. The molecule has 0 aromatic heterocycles. The van der Waals surface area contributed by atoms with Crippen molar-refractivity contribution >= 4 is 5.97 Å². The largest absolute Gasteiger partial charge is 1.00 e. The third-order valence-electron chi connectivity index (χ3n) is 15.0. The summed E-state index contributed by atoms with van der Waals surface area (Å²) in [6, 6.07) is 0. The van der Waals surface area contributed by atoms with E-state index in [1.807, 2.05) is 0 Å². The van der Waals surface area contributed by atoms with E-state index in [0.29, 0.717) is 0 Å². The Morgan fingerprint density at radius 1 is 0.933 bits per heavy atom. The Kier molecular flexibility index (Phi) is 0.182. The standard InChI is InChI=1S/C6H5O2.C5H5.Fe.Na/c7-6(8)5-3-1-2-4-5;1-2-4-5-3-1;;/h1-4H,(H,7,8);1-5H;;/q;;;+1/p-1. The summed E-state index contributed by atoms with van der Waals surface area (Å²) in [5.41, 5.74) is 0. The molecule has 0 aromatic carbocycles. The Morgan fingerprint density at radius 2 is 1.33 bits per heavy atom. The molecular weight excluding hydrogens is 243 g/mol. The fraction of sp³-hybridized carbons (Fsp3) is 0.909. The summed E-state index contributed by atoms with van der Waals surface area (Å²) in [5, 5.41) is 11.7. The molecule has 15 heavy (non-hydrogen) atoms. The van der Waals surface area contributed by atoms with Gasteiger partial charge in [0, 0.05) is 0 Å². The Labute approximate surface area is 98.7 Å². The molecule has 4 atom stereocenters. The molecule has 10 saturated heterocycles. The first-order valence-corrected chi connectivity index (χ1v) is 12.2. The smallest absolute Gasteiger partial charge is 1.00 e. The van der Waals surface area contributed by atoms with Crippen molar-refractivity contribution in [1.82, 2.24) is 0 Å². The molecule has 4 unspecified atom stereocenters. The Balaban J connectivity index is 0.000000529. The Morgan fingerprint density at radius 3 is 1.40 bits per heavy atom. The number of aliphatic carboxylic acids is 1. The maximum atomic E-state index is 11.7. The van der Waals surface area contributed by atoms with Crippen LogP contribution in [0.3, 0.4) is 0 Å². The average Bonchev–Trinajstić information content (AvgIpc) is 3.13. The number of carboxylic acids is 1. The van der Waals surface area contributed by atoms with E-state index in [0.717, 1.165) is 43.3 Å². The number of hydrogen-bond acceptors (Lipinski definition) is 2. The van der Waals surface area contributed by atoms with Gasteiger partial charge in [0.1, 0.15) is 0 Å². The van der Waals surface area contributed by atoms with E-state index in [9.17, 15) is 9.90 Å². The van der Waals surface area contributed by atoms with Crippen LogP contribution in [0, 0.1) is 0 Å². The van der Waals surface area contributed by atoms with Crippen molar-refractivity contribution in [1.29, 1.82) is 0 Å². The van der Waals surface area contributed by atoms with Crippen LogP contribution in [0.2, 0.25) is 47.7 Å². The molecule has 0 amide bonds. The van der Waals surface area contributed by atoms with E-state index in [2.05, 4.69) is 0 Å². The monoisotopic (exact) mass is 252 g/mol. The zero-order valence-corrected chi connectivity index (χ0v) is 11.5. The van der Waals surface area contributed by atoms with Gasteiger partial charge in [-0.25, -0.2) is 0 Å². The number of carbonyl (C=O) groups is 1. The van der Waals surface area contributed by atoms with Crippen molar-refractivity contribution in [3.05, 3.63) is 0 Å². The van der Waals surface area contributed by atoms with Crippen LogP contribution < -0.4 is 34.7 Å². The van der Waals surface area contributed by atoms with Crippen LogP contribution in [0.1, 0.15) is 0 Å². The average molecular weight is 252 g/mol. The van der Waals surface area contributed by atoms with Crippen molar-refractivity contribution in [3.63, 3.8) is 0 Å². The Bertz CT molecular complexity index is 853. The summed E-state index contributed by atoms with van der Waals surface area (Å²) in [5.74, 6) is -0.524. The fourth-order valence-corrected chi connectivity index (χ4v) is 90.2. The van der Waals surface area contributed by atoms with Crippen molar-refractivity contribution in [2.45, 2.75) is 47.7 Å². The van der Waals surface area contributed by atoms with Gasteiger partial charge in [-0.05, 0) is 0 Å². The maximum absolute atomic E-state index is 11.7. The van der Waals surface area contributed by atoms with Crippen LogP contribution in [-0.2, 0) is 11.3 Å². The normalized spacial score (nSPS) is 132. The minimum atomic E-state index is -3.25. The van der Waals surface area contributed by atoms with Crippen LogP contribution in [-0.4, -0.2) is 5.97 Å². The molecule has 2 nitrogen and oxygen atoms in total. The van der Waals surface area contributed by atoms with Gasteiger partial charge in [-0.3, -0.25) is 0 Å². The molecule has 10 heterocycles. The molecule has 0 aromatic rings. The van der Waals surface area contributed by atoms with Gasteiger partial charge in [0.15, 0.2) is 0 Å². The summed E-state index contributed by atoms with van der Waals surface area (Å²) in [6.07, 6.45) is 0. The van der Waals surface area contributed by atoms with Crippen molar-refractivity contribution in [2.75, 3.05) is 0 Å². The molecule has 10 fully saturated rings. The molecule has 10 aliphatic rings. The van der Waals surface area contributed by atoms with Crippen molar-refractivity contribution < 1.29 is 46.0 Å². The van der Waals surface area contributed by atoms with Crippen LogP contribution in [0.15, 0.2) is 0 Å². The second-order valence-electron chi connectivity index (χ2n) is 9.97. The van der Waals surface area contributed by atoms with Gasteiger partial charge >= 0.3 is 99.6 Å². The molecular formula is C11H9FeNaO2. The van der Waals surface area contributed by atoms with Crippen LogP contribution in [0.5, 0.6) is 0 Å². The zero-order valence-electron chi connectivity index (χ0n) is 8.37. The van der Waals surface area contributed by atoms with E-state index >= 15 is 0 Å². The van der Waals surface area contributed by atoms with E-state index in [1.54, 1.807) is 0 Å². The molecule has 10 aliphatic heterocycles. The molecule has 0 radical (unpaired) electrons. The molecule has 74 valence electrons. The van der Waals surface area contributed by atoms with Gasteiger partial charge < -0.3 is 0 Å². The summed E-state index contributed by atoms with van der Waals surface area (Å²) < 4.78 is -0.000926. The van der Waals surface area contributed by atoms with Crippen LogP contribution in [0.4, 0.5) is 0 Å². The van der Waals surface area contributed by atoms with E-state index in [-0.39, 0.29) is 33.9 Å². The zero-order chi connectivity index (χ0) is 8.59. The van der Waals surface area contributed by atoms with Crippen molar-refractivity contribution in [2.24, 2.45) is 0 Å². The summed E-state index contributed by atoms with van der Waals surface area (Å²) in [6.45, 7) is -3.25. The number of carbonyl (C=O) groups excluding carboxylic acids is 1. The SMILES string of the molecule is O=C([O-])[C]12[CH]3[CH]4[CH]5[CH]1[Fe]45321678[CH]2[CH]1[CH]6[CH]7[CH]28.[Na+]. The predicted octanol–water partition coefficient (Wildman–Crippen LogP) is -1.50. The van der Waals surface area contributed by atoms with E-state index in [4.69, 9.17) is 0 Å². The quantitative estimate of drug-likeness (QED) is 0.533. The molecule has 10 rings (SSSR count). The van der Waals surface area contributed by atoms with Gasteiger partial charge in [-0.15, -0.1) is 0 Å². The second kappa shape index (κ2) is 0.436. The molecule has 0 aliphatic carbocycles. The van der Waals surface area contributed by atoms with Gasteiger partial charge in [0.2, 0.25) is 0 Å². The molecule has 0 N–H and O–H groups in total. The molecule has 0 saturated carbocycles. The molecule has 1 spiro atoms. The Hall–Kier alpha value is 0.989. The van der Waals surface area contributed by atoms with Gasteiger partial charge in [0.05, 0.1) is 0 Å². The first-order chi connectivity index (χ1) is 6.49. The first kappa shape index (κ1) is 6.24. The second-order valence-corrected chi connectivity index (χ2v) is 33.5. The summed E-state index contributed by atoms with van der Waals surface area (Å²) in [7, 11) is 0. The fourth-order valence-electron chi connectivity index (χ4n) is 16.7. The van der Waals surface area contributed by atoms with Gasteiger partial charge in [0.25, 0.3) is 0 Å². The predicted molar refractivity (Wildman–Crippen MR) is 41.5 cm³/mol. The maximum Gasteiger partial charge on any atom is 1.00 e. The first-order valence-electron chi connectivity index (χ1n) is 5.92. The third-order valence-corrected chi connectivity index (χ3v) is 57.3. The molecule has 0 bridgehead atoms. The minimum absolute atomic E-state index is 0. The third kappa shape index (κ3) is 0.0523. The minimum Gasteiger partial charge on any atom is 1.00 e. The van der Waals surface area contributed by atoms with Crippen molar-refractivity contribution in [3.8, 4) is 0 Å². The van der Waals surface area contributed by atoms with Crippen LogP contribution >= 0.6 is 0 Å².